The minimum atomic E-state index is -0.823. The van der Waals surface area contributed by atoms with Crippen molar-refractivity contribution in [2.75, 3.05) is 5.32 Å². The second kappa shape index (κ2) is 6.10. The number of aliphatic carboxylic acids is 1. The molecule has 1 rings (SSSR count). The smallest absolute Gasteiger partial charge is 0.326 e. The van der Waals surface area contributed by atoms with Crippen LogP contribution in [0.4, 0.5) is 5.82 Å². The molecular formula is C12H18N2O2. The summed E-state index contributed by atoms with van der Waals surface area (Å²) >= 11 is 0. The third kappa shape index (κ3) is 3.88. The Morgan fingerprint density at radius 3 is 2.81 bits per heavy atom. The van der Waals surface area contributed by atoms with E-state index < -0.39 is 12.0 Å². The SMILES string of the molecule is CCCCC(Nc1ccc(C)cn1)C(=O)O. The molecule has 0 amide bonds. The standard InChI is InChI=1S/C12H18N2O2/c1-3-4-5-10(12(15)16)14-11-7-6-9(2)8-13-11/h6-8,10H,3-5H2,1-2H3,(H,13,14)(H,15,16). The molecule has 4 heteroatoms. The molecule has 0 fully saturated rings. The number of aromatic nitrogens is 1. The molecule has 1 aromatic rings. The zero-order valence-electron chi connectivity index (χ0n) is 9.73. The van der Waals surface area contributed by atoms with E-state index in [1.54, 1.807) is 12.3 Å². The summed E-state index contributed by atoms with van der Waals surface area (Å²) in [5.41, 5.74) is 1.06. The third-order valence-electron chi connectivity index (χ3n) is 2.38. The van der Waals surface area contributed by atoms with Crippen LogP contribution in [0.5, 0.6) is 0 Å². The number of hydrogen-bond donors (Lipinski definition) is 2. The van der Waals surface area contributed by atoms with Crippen LogP contribution in [0.2, 0.25) is 0 Å². The maximum absolute atomic E-state index is 11.0. The quantitative estimate of drug-likeness (QED) is 0.776. The zero-order chi connectivity index (χ0) is 12.0. The lowest BCUT2D eigenvalue weighted by molar-refractivity contribution is -0.138. The summed E-state index contributed by atoms with van der Waals surface area (Å²) in [4.78, 5) is 15.1. The van der Waals surface area contributed by atoms with Gasteiger partial charge in [-0.3, -0.25) is 0 Å². The van der Waals surface area contributed by atoms with Crippen molar-refractivity contribution in [2.24, 2.45) is 0 Å². The highest BCUT2D eigenvalue weighted by molar-refractivity contribution is 5.76. The first-order valence-corrected chi connectivity index (χ1v) is 5.55. The topological polar surface area (TPSA) is 62.2 Å². The van der Waals surface area contributed by atoms with Gasteiger partial charge in [0.2, 0.25) is 0 Å². The van der Waals surface area contributed by atoms with Crippen LogP contribution >= 0.6 is 0 Å². The molecule has 0 aliphatic carbocycles. The average Bonchev–Trinajstić information content (AvgIpc) is 2.26. The summed E-state index contributed by atoms with van der Waals surface area (Å²) < 4.78 is 0. The Morgan fingerprint density at radius 2 is 2.31 bits per heavy atom. The number of nitrogens with one attached hydrogen (secondary N) is 1. The van der Waals surface area contributed by atoms with Gasteiger partial charge in [-0.15, -0.1) is 0 Å². The van der Waals surface area contributed by atoms with Crippen LogP contribution < -0.4 is 5.32 Å². The van der Waals surface area contributed by atoms with E-state index in [0.29, 0.717) is 12.2 Å². The molecule has 16 heavy (non-hydrogen) atoms. The van der Waals surface area contributed by atoms with Gasteiger partial charge in [-0.25, -0.2) is 9.78 Å². The molecule has 4 nitrogen and oxygen atoms in total. The van der Waals surface area contributed by atoms with Crippen LogP contribution in [0.3, 0.4) is 0 Å². The summed E-state index contributed by atoms with van der Waals surface area (Å²) in [5.74, 6) is -0.204. The Labute approximate surface area is 95.7 Å². The lowest BCUT2D eigenvalue weighted by atomic mass is 10.1. The van der Waals surface area contributed by atoms with Gasteiger partial charge in [-0.05, 0) is 25.0 Å². The maximum atomic E-state index is 11.0. The molecule has 0 radical (unpaired) electrons. The van der Waals surface area contributed by atoms with Gasteiger partial charge in [0.1, 0.15) is 11.9 Å². The number of aryl methyl sites for hydroxylation is 1. The van der Waals surface area contributed by atoms with Crippen LogP contribution in [0.1, 0.15) is 31.7 Å². The highest BCUT2D eigenvalue weighted by atomic mass is 16.4. The van der Waals surface area contributed by atoms with Crippen molar-refractivity contribution >= 4 is 11.8 Å². The molecule has 1 heterocycles. The molecule has 0 saturated heterocycles. The fourth-order valence-corrected chi connectivity index (χ4v) is 1.40. The van der Waals surface area contributed by atoms with Gasteiger partial charge in [-0.2, -0.15) is 0 Å². The van der Waals surface area contributed by atoms with Gasteiger partial charge >= 0.3 is 5.97 Å². The number of carboxylic acids is 1. The maximum Gasteiger partial charge on any atom is 0.326 e. The molecule has 2 N–H and O–H groups in total. The van der Waals surface area contributed by atoms with Crippen molar-refractivity contribution in [1.82, 2.24) is 4.98 Å². The molecule has 0 aromatic carbocycles. The van der Waals surface area contributed by atoms with Crippen molar-refractivity contribution in [3.8, 4) is 0 Å². The predicted octanol–water partition coefficient (Wildman–Crippen LogP) is 2.45. The lowest BCUT2D eigenvalue weighted by Crippen LogP contribution is -2.29. The third-order valence-corrected chi connectivity index (χ3v) is 2.38. The minimum Gasteiger partial charge on any atom is -0.480 e. The van der Waals surface area contributed by atoms with Crippen molar-refractivity contribution in [1.29, 1.82) is 0 Å². The summed E-state index contributed by atoms with van der Waals surface area (Å²) in [6, 6.07) is 3.17. The van der Waals surface area contributed by atoms with Crippen molar-refractivity contribution in [2.45, 2.75) is 39.2 Å². The van der Waals surface area contributed by atoms with Gasteiger partial charge in [0.25, 0.3) is 0 Å². The Balaban J connectivity index is 2.60. The molecule has 1 atom stereocenters. The zero-order valence-corrected chi connectivity index (χ0v) is 9.73. The number of anilines is 1. The van der Waals surface area contributed by atoms with Gasteiger partial charge in [0, 0.05) is 6.20 Å². The van der Waals surface area contributed by atoms with Gasteiger partial charge in [-0.1, -0.05) is 25.8 Å². The first kappa shape index (κ1) is 12.5. The van der Waals surface area contributed by atoms with Gasteiger partial charge in [0.05, 0.1) is 0 Å². The first-order valence-electron chi connectivity index (χ1n) is 5.55. The molecule has 0 aliphatic rings. The number of rotatable bonds is 6. The number of carboxylic acid groups (broad SMARTS) is 1. The Kier molecular flexibility index (Phi) is 4.76. The molecular weight excluding hydrogens is 204 g/mol. The molecule has 88 valence electrons. The molecule has 1 aromatic heterocycles. The van der Waals surface area contributed by atoms with Gasteiger partial charge in [0.15, 0.2) is 0 Å². The lowest BCUT2D eigenvalue weighted by Gasteiger charge is -2.14. The number of nitrogens with zero attached hydrogens (tertiary/aromatic N) is 1. The first-order chi connectivity index (χ1) is 7.63. The molecule has 0 spiro atoms. The summed E-state index contributed by atoms with van der Waals surface area (Å²) in [7, 11) is 0. The van der Waals surface area contributed by atoms with E-state index in [1.165, 1.54) is 0 Å². The number of carbonyl (C=O) groups is 1. The van der Waals surface area contributed by atoms with Crippen molar-refractivity contribution in [3.63, 3.8) is 0 Å². The fraction of sp³-hybridized carbons (Fsp3) is 0.500. The Bertz CT molecular complexity index is 335. The monoisotopic (exact) mass is 222 g/mol. The molecule has 1 unspecified atom stereocenters. The van der Waals surface area contributed by atoms with Crippen LogP contribution in [0.15, 0.2) is 18.3 Å². The fourth-order valence-electron chi connectivity index (χ4n) is 1.40. The van der Waals surface area contributed by atoms with Crippen molar-refractivity contribution in [3.05, 3.63) is 23.9 Å². The van der Waals surface area contributed by atoms with Crippen LogP contribution in [0, 0.1) is 6.92 Å². The van der Waals surface area contributed by atoms with E-state index in [4.69, 9.17) is 5.11 Å². The van der Waals surface area contributed by atoms with E-state index in [1.807, 2.05) is 19.9 Å². The normalized spacial score (nSPS) is 12.1. The van der Waals surface area contributed by atoms with E-state index in [2.05, 4.69) is 10.3 Å². The highest BCUT2D eigenvalue weighted by Crippen LogP contribution is 2.09. The highest BCUT2D eigenvalue weighted by Gasteiger charge is 2.16. The Hall–Kier alpha value is -1.58. The summed E-state index contributed by atoms with van der Waals surface area (Å²) in [6.45, 7) is 3.99. The van der Waals surface area contributed by atoms with Crippen molar-refractivity contribution < 1.29 is 9.90 Å². The Morgan fingerprint density at radius 1 is 1.56 bits per heavy atom. The number of unbranched alkanes of at least 4 members (excludes halogenated alkanes) is 1. The van der Waals surface area contributed by atoms with Crippen LogP contribution in [-0.2, 0) is 4.79 Å². The average molecular weight is 222 g/mol. The molecule has 0 saturated carbocycles. The van der Waals surface area contributed by atoms with E-state index in [9.17, 15) is 4.79 Å². The number of pyridine rings is 1. The van der Waals surface area contributed by atoms with E-state index >= 15 is 0 Å². The van der Waals surface area contributed by atoms with Crippen LogP contribution in [0.25, 0.3) is 0 Å². The predicted molar refractivity (Wildman–Crippen MR) is 63.5 cm³/mol. The van der Waals surface area contributed by atoms with E-state index in [0.717, 1.165) is 18.4 Å². The van der Waals surface area contributed by atoms with Crippen LogP contribution in [-0.4, -0.2) is 22.1 Å². The number of hydrogen-bond acceptors (Lipinski definition) is 3. The largest absolute Gasteiger partial charge is 0.480 e. The second-order valence-electron chi connectivity index (χ2n) is 3.90. The summed E-state index contributed by atoms with van der Waals surface area (Å²) in [6.07, 6.45) is 4.24. The van der Waals surface area contributed by atoms with Gasteiger partial charge < -0.3 is 10.4 Å². The molecule has 0 bridgehead atoms. The summed E-state index contributed by atoms with van der Waals surface area (Å²) in [5, 5.41) is 12.0. The minimum absolute atomic E-state index is 0.546. The second-order valence-corrected chi connectivity index (χ2v) is 3.90. The molecule has 0 aliphatic heterocycles. The van der Waals surface area contributed by atoms with E-state index in [-0.39, 0.29) is 0 Å².